The van der Waals surface area contributed by atoms with Crippen LogP contribution in [-0.2, 0) is 18.4 Å². The molecule has 0 bridgehead atoms. The van der Waals surface area contributed by atoms with Crippen molar-refractivity contribution in [3.63, 3.8) is 0 Å². The Morgan fingerprint density at radius 2 is 2.27 bits per heavy atom. The first-order chi connectivity index (χ1) is 7.08. The van der Waals surface area contributed by atoms with Gasteiger partial charge < -0.3 is 10.5 Å². The van der Waals surface area contributed by atoms with Crippen LogP contribution in [0.4, 0.5) is 0 Å². The number of nitrogens with zero attached hydrogens (tertiary/aromatic N) is 2. The fourth-order valence-electron chi connectivity index (χ4n) is 1.78. The van der Waals surface area contributed by atoms with Crippen molar-refractivity contribution in [2.45, 2.75) is 38.5 Å². The van der Waals surface area contributed by atoms with Gasteiger partial charge in [-0.3, -0.25) is 4.68 Å². The Morgan fingerprint density at radius 1 is 1.60 bits per heavy atom. The minimum atomic E-state index is 0.297. The maximum atomic E-state index is 6.10. The molecule has 0 radical (unpaired) electrons. The van der Waals surface area contributed by atoms with E-state index >= 15 is 0 Å². The molecule has 0 unspecified atom stereocenters. The zero-order valence-electron chi connectivity index (χ0n) is 9.03. The van der Waals surface area contributed by atoms with Gasteiger partial charge in [0.15, 0.2) is 0 Å². The van der Waals surface area contributed by atoms with Gasteiger partial charge in [-0.25, -0.2) is 0 Å². The van der Waals surface area contributed by atoms with Gasteiger partial charge in [-0.15, -0.1) is 0 Å². The number of nitrogens with two attached hydrogens (primary N) is 1. The van der Waals surface area contributed by atoms with Crippen LogP contribution in [0, 0.1) is 6.92 Å². The Kier molecular flexibility index (Phi) is 3.00. The number of ether oxygens (including phenoxy) is 1. The third-order valence-electron chi connectivity index (χ3n) is 2.85. The molecule has 1 fully saturated rings. The topological polar surface area (TPSA) is 53.1 Å². The molecule has 0 spiro atoms. The maximum absolute atomic E-state index is 6.10. The molecule has 0 saturated heterocycles. The molecule has 84 valence electrons. The summed E-state index contributed by atoms with van der Waals surface area (Å²) in [4.78, 5) is 0. The van der Waals surface area contributed by atoms with Crippen molar-refractivity contribution in [2.75, 3.05) is 0 Å². The van der Waals surface area contributed by atoms with Gasteiger partial charge in [0.25, 0.3) is 0 Å². The monoisotopic (exact) mass is 229 g/mol. The number of hydrogen-bond donors (Lipinski definition) is 1. The molecule has 1 aromatic rings. The second-order valence-corrected chi connectivity index (χ2v) is 4.51. The Hall–Kier alpha value is -0.580. The average molecular weight is 230 g/mol. The van der Waals surface area contributed by atoms with E-state index < -0.39 is 0 Å². The summed E-state index contributed by atoms with van der Waals surface area (Å²) in [7, 11) is 1.88. The van der Waals surface area contributed by atoms with E-state index in [0.717, 1.165) is 24.2 Å². The number of aromatic nitrogens is 2. The number of aryl methyl sites for hydroxylation is 2. The molecule has 15 heavy (non-hydrogen) atoms. The van der Waals surface area contributed by atoms with E-state index in [0.29, 0.717) is 23.8 Å². The fourth-order valence-corrected chi connectivity index (χ4v) is 1.99. The lowest BCUT2D eigenvalue weighted by Gasteiger charge is -2.32. The van der Waals surface area contributed by atoms with E-state index in [-0.39, 0.29) is 0 Å². The van der Waals surface area contributed by atoms with Crippen molar-refractivity contribution in [1.82, 2.24) is 9.78 Å². The first kappa shape index (κ1) is 10.9. The summed E-state index contributed by atoms with van der Waals surface area (Å²) in [6.07, 6.45) is 2.20. The molecule has 0 aliphatic heterocycles. The number of rotatable bonds is 3. The smallest absolute Gasteiger partial charge is 0.0903 e. The molecule has 1 aliphatic carbocycles. The van der Waals surface area contributed by atoms with Crippen LogP contribution in [0.1, 0.15) is 24.2 Å². The average Bonchev–Trinajstić information content (AvgIpc) is 2.36. The fraction of sp³-hybridized carbons (Fsp3) is 0.700. The van der Waals surface area contributed by atoms with Crippen molar-refractivity contribution >= 4 is 11.6 Å². The highest BCUT2D eigenvalue weighted by Gasteiger charge is 2.27. The normalized spacial score (nSPS) is 25.3. The second-order valence-electron chi connectivity index (χ2n) is 4.13. The van der Waals surface area contributed by atoms with Crippen LogP contribution in [-0.4, -0.2) is 21.9 Å². The van der Waals surface area contributed by atoms with Gasteiger partial charge in [0.1, 0.15) is 0 Å². The van der Waals surface area contributed by atoms with Crippen molar-refractivity contribution in [3.8, 4) is 0 Å². The van der Waals surface area contributed by atoms with Crippen molar-refractivity contribution in [1.29, 1.82) is 0 Å². The first-order valence-electron chi connectivity index (χ1n) is 5.13. The molecule has 2 rings (SSSR count). The Bertz CT molecular complexity index is 358. The van der Waals surface area contributed by atoms with Gasteiger partial charge in [0, 0.05) is 13.1 Å². The molecule has 1 saturated carbocycles. The highest BCUT2D eigenvalue weighted by atomic mass is 35.5. The SMILES string of the molecule is Cc1nn(C)c(COC2CC(N)C2)c1Cl. The zero-order chi connectivity index (χ0) is 11.0. The van der Waals surface area contributed by atoms with Crippen LogP contribution in [0.5, 0.6) is 0 Å². The Morgan fingerprint density at radius 3 is 2.73 bits per heavy atom. The molecule has 1 aliphatic rings. The zero-order valence-corrected chi connectivity index (χ0v) is 9.79. The molecule has 4 nitrogen and oxygen atoms in total. The van der Waals surface area contributed by atoms with Crippen LogP contribution in [0.2, 0.25) is 5.02 Å². The summed E-state index contributed by atoms with van der Waals surface area (Å²) in [6.45, 7) is 2.42. The third-order valence-corrected chi connectivity index (χ3v) is 3.34. The maximum Gasteiger partial charge on any atom is 0.0903 e. The molecule has 0 amide bonds. The van der Waals surface area contributed by atoms with Crippen LogP contribution in [0.25, 0.3) is 0 Å². The van der Waals surface area contributed by atoms with Crippen molar-refractivity contribution in [3.05, 3.63) is 16.4 Å². The highest BCUT2D eigenvalue weighted by Crippen LogP contribution is 2.25. The molecule has 1 heterocycles. The summed E-state index contributed by atoms with van der Waals surface area (Å²) in [5.74, 6) is 0. The Labute approximate surface area is 94.3 Å². The quantitative estimate of drug-likeness (QED) is 0.852. The van der Waals surface area contributed by atoms with Crippen LogP contribution < -0.4 is 5.73 Å². The largest absolute Gasteiger partial charge is 0.372 e. The van der Waals surface area contributed by atoms with Gasteiger partial charge in [-0.05, 0) is 19.8 Å². The van der Waals surface area contributed by atoms with E-state index in [1.165, 1.54) is 0 Å². The van der Waals surface area contributed by atoms with E-state index in [9.17, 15) is 0 Å². The predicted molar refractivity (Wildman–Crippen MR) is 58.7 cm³/mol. The van der Waals surface area contributed by atoms with Gasteiger partial charge in [0.05, 0.1) is 29.1 Å². The van der Waals surface area contributed by atoms with Gasteiger partial charge in [-0.1, -0.05) is 11.6 Å². The minimum Gasteiger partial charge on any atom is -0.372 e. The molecular weight excluding hydrogens is 214 g/mol. The summed E-state index contributed by atoms with van der Waals surface area (Å²) in [5.41, 5.74) is 7.47. The second kappa shape index (κ2) is 4.12. The predicted octanol–water partition coefficient (Wildman–Crippen LogP) is 1.39. The summed E-state index contributed by atoms with van der Waals surface area (Å²) in [6, 6.07) is 0.318. The lowest BCUT2D eigenvalue weighted by atomic mass is 9.90. The van der Waals surface area contributed by atoms with Crippen LogP contribution in [0.3, 0.4) is 0 Å². The van der Waals surface area contributed by atoms with Crippen LogP contribution >= 0.6 is 11.6 Å². The van der Waals surface area contributed by atoms with Crippen LogP contribution in [0.15, 0.2) is 0 Å². The molecule has 1 aromatic heterocycles. The van der Waals surface area contributed by atoms with Gasteiger partial charge in [0.2, 0.25) is 0 Å². The summed E-state index contributed by atoms with van der Waals surface area (Å²) < 4.78 is 7.46. The standard InChI is InChI=1S/C10H16ClN3O/c1-6-10(11)9(14(2)13-6)5-15-8-3-7(12)4-8/h7-8H,3-5,12H2,1-2H3. The molecule has 0 atom stereocenters. The Balaban J connectivity index is 1.93. The molecule has 0 aromatic carbocycles. The third kappa shape index (κ3) is 2.17. The van der Waals surface area contributed by atoms with Gasteiger partial charge in [-0.2, -0.15) is 5.10 Å². The van der Waals surface area contributed by atoms with Crippen molar-refractivity contribution in [2.24, 2.45) is 12.8 Å². The van der Waals surface area contributed by atoms with Gasteiger partial charge >= 0.3 is 0 Å². The minimum absolute atomic E-state index is 0.297. The van der Waals surface area contributed by atoms with E-state index in [1.807, 2.05) is 14.0 Å². The molecular formula is C10H16ClN3O. The molecule has 2 N–H and O–H groups in total. The molecule has 5 heteroatoms. The lowest BCUT2D eigenvalue weighted by Crippen LogP contribution is -2.41. The van der Waals surface area contributed by atoms with E-state index in [2.05, 4.69) is 5.10 Å². The summed E-state index contributed by atoms with van der Waals surface area (Å²) >= 11 is 6.10. The number of halogens is 1. The van der Waals surface area contributed by atoms with E-state index in [4.69, 9.17) is 22.1 Å². The lowest BCUT2D eigenvalue weighted by molar-refractivity contribution is -0.0212. The summed E-state index contributed by atoms with van der Waals surface area (Å²) in [5, 5.41) is 4.94. The highest BCUT2D eigenvalue weighted by molar-refractivity contribution is 6.31. The van der Waals surface area contributed by atoms with Crippen molar-refractivity contribution < 1.29 is 4.74 Å². The van der Waals surface area contributed by atoms with E-state index in [1.54, 1.807) is 4.68 Å². The first-order valence-corrected chi connectivity index (χ1v) is 5.51. The number of hydrogen-bond acceptors (Lipinski definition) is 3.